The fourth-order valence-electron chi connectivity index (χ4n) is 2.77. The predicted octanol–water partition coefficient (Wildman–Crippen LogP) is 4.20. The van der Waals surface area contributed by atoms with Crippen LogP contribution in [0, 0.1) is 3.57 Å². The maximum Gasteiger partial charge on any atom is 0.198 e. The summed E-state index contributed by atoms with van der Waals surface area (Å²) in [5.41, 5.74) is 3.30. The number of carbonyl (C=O) groups is 1. The van der Waals surface area contributed by atoms with E-state index < -0.39 is 0 Å². The lowest BCUT2D eigenvalue weighted by atomic mass is 9.96. The van der Waals surface area contributed by atoms with Gasteiger partial charge in [-0.05, 0) is 58.0 Å². The number of nitrogens with zero attached hydrogens (tertiary/aromatic N) is 3. The Labute approximate surface area is 157 Å². The summed E-state index contributed by atoms with van der Waals surface area (Å²) in [6.45, 7) is 2.14. The van der Waals surface area contributed by atoms with Crippen molar-refractivity contribution in [3.63, 3.8) is 0 Å². The molecule has 1 aliphatic rings. The number of halogens is 1. The van der Waals surface area contributed by atoms with E-state index in [1.165, 1.54) is 17.3 Å². The van der Waals surface area contributed by atoms with Crippen molar-refractivity contribution in [2.45, 2.75) is 24.2 Å². The zero-order valence-electron chi connectivity index (χ0n) is 12.9. The number of pyridine rings is 1. The monoisotopic (exact) mass is 447 g/mol. The van der Waals surface area contributed by atoms with Crippen LogP contribution in [0.1, 0.15) is 29.7 Å². The molecule has 24 heavy (non-hydrogen) atoms. The summed E-state index contributed by atoms with van der Waals surface area (Å²) in [5.74, 6) is 0.973. The second kappa shape index (κ2) is 6.33. The van der Waals surface area contributed by atoms with Crippen LogP contribution in [0.2, 0.25) is 0 Å². The molecule has 4 rings (SSSR count). The minimum Gasteiger partial charge on any atom is -0.286 e. The average Bonchev–Trinajstić information content (AvgIpc) is 3.20. The van der Waals surface area contributed by atoms with E-state index in [4.69, 9.17) is 0 Å². The summed E-state index contributed by atoms with van der Waals surface area (Å²) < 4.78 is 2.90. The van der Waals surface area contributed by atoms with Gasteiger partial charge < -0.3 is 0 Å². The van der Waals surface area contributed by atoms with Gasteiger partial charge in [-0.1, -0.05) is 30.8 Å². The summed E-state index contributed by atoms with van der Waals surface area (Å²) in [6.07, 6.45) is 4.31. The number of hydrogen-bond donors (Lipinski definition) is 0. The highest BCUT2D eigenvalue weighted by molar-refractivity contribution is 14.1. The molecule has 1 aliphatic heterocycles. The molecule has 1 atom stereocenters. The van der Waals surface area contributed by atoms with Crippen molar-refractivity contribution in [2.75, 3.05) is 0 Å². The third-order valence-electron chi connectivity index (χ3n) is 4.15. The van der Waals surface area contributed by atoms with Crippen LogP contribution in [0.3, 0.4) is 0 Å². The van der Waals surface area contributed by atoms with E-state index in [1.807, 2.05) is 30.6 Å². The number of thioether (sulfide) groups is 1. The van der Waals surface area contributed by atoms with Crippen LogP contribution in [-0.4, -0.2) is 19.9 Å². The molecule has 4 nitrogen and oxygen atoms in total. The topological polar surface area (TPSA) is 47.8 Å². The first kappa shape index (κ1) is 15.8. The molecule has 1 aromatic carbocycles. The molecular weight excluding hydrogens is 433 g/mol. The molecule has 0 saturated carbocycles. The second-order valence-corrected chi connectivity index (χ2v) is 8.10. The smallest absolute Gasteiger partial charge is 0.198 e. The van der Waals surface area contributed by atoms with Gasteiger partial charge in [0.2, 0.25) is 0 Å². The van der Waals surface area contributed by atoms with E-state index in [9.17, 15) is 4.79 Å². The van der Waals surface area contributed by atoms with Crippen LogP contribution in [-0.2, 0) is 11.2 Å². The van der Waals surface area contributed by atoms with Crippen molar-refractivity contribution in [2.24, 2.45) is 0 Å². The molecule has 1 unspecified atom stereocenters. The van der Waals surface area contributed by atoms with Crippen molar-refractivity contribution in [1.29, 1.82) is 0 Å². The number of fused-ring (bicyclic) bond motifs is 1. The van der Waals surface area contributed by atoms with Crippen molar-refractivity contribution in [3.8, 4) is 5.82 Å². The Balaban J connectivity index is 1.61. The van der Waals surface area contributed by atoms with Crippen LogP contribution in [0.15, 0.2) is 53.7 Å². The third kappa shape index (κ3) is 3.00. The number of aromatic nitrogens is 3. The standard InChI is InChI=1S/C18H14IN3OS/c1-11(12-2-3-13-9-18(23)24-16(13)8-12)15-6-7-22(21-15)17-5-4-14(19)10-20-17/h2-8,10-11H,9H2,1H3. The first-order valence-electron chi connectivity index (χ1n) is 7.61. The van der Waals surface area contributed by atoms with Gasteiger partial charge in [-0.2, -0.15) is 5.10 Å². The highest BCUT2D eigenvalue weighted by Crippen LogP contribution is 2.35. The Morgan fingerprint density at radius 2 is 2.12 bits per heavy atom. The molecule has 3 aromatic rings. The Morgan fingerprint density at radius 3 is 2.92 bits per heavy atom. The van der Waals surface area contributed by atoms with Crippen molar-refractivity contribution in [3.05, 3.63) is 69.2 Å². The quantitative estimate of drug-likeness (QED) is 0.565. The molecule has 0 saturated heterocycles. The normalized spacial score (nSPS) is 14.7. The SMILES string of the molecule is CC(c1ccc2c(c1)SC(=O)C2)c1ccn(-c2ccc(I)cn2)n1. The van der Waals surface area contributed by atoms with Gasteiger partial charge in [0.15, 0.2) is 10.9 Å². The summed E-state index contributed by atoms with van der Waals surface area (Å²) in [4.78, 5) is 17.1. The number of carbonyl (C=O) groups excluding carboxylic acids is 1. The highest BCUT2D eigenvalue weighted by Gasteiger charge is 2.21. The van der Waals surface area contributed by atoms with E-state index >= 15 is 0 Å². The van der Waals surface area contributed by atoms with E-state index in [0.29, 0.717) is 6.42 Å². The zero-order valence-corrected chi connectivity index (χ0v) is 15.9. The summed E-state index contributed by atoms with van der Waals surface area (Å²) >= 11 is 3.58. The van der Waals surface area contributed by atoms with E-state index in [-0.39, 0.29) is 11.0 Å². The number of hydrogen-bond acceptors (Lipinski definition) is 4. The van der Waals surface area contributed by atoms with Gasteiger partial charge >= 0.3 is 0 Å². The van der Waals surface area contributed by atoms with Gasteiger partial charge in [-0.3, -0.25) is 4.79 Å². The predicted molar refractivity (Wildman–Crippen MR) is 103 cm³/mol. The molecule has 0 bridgehead atoms. The Bertz CT molecular complexity index is 920. The lowest BCUT2D eigenvalue weighted by Gasteiger charge is -2.10. The van der Waals surface area contributed by atoms with Crippen LogP contribution in [0.4, 0.5) is 0 Å². The molecule has 0 spiro atoms. The van der Waals surface area contributed by atoms with E-state index in [2.05, 4.69) is 57.8 Å². The van der Waals surface area contributed by atoms with Crippen LogP contribution in [0.25, 0.3) is 5.82 Å². The summed E-state index contributed by atoms with van der Waals surface area (Å²) in [5, 5.41) is 4.90. The Morgan fingerprint density at radius 1 is 1.25 bits per heavy atom. The van der Waals surface area contributed by atoms with Crippen LogP contribution >= 0.6 is 34.4 Å². The number of benzene rings is 1. The van der Waals surface area contributed by atoms with Crippen LogP contribution in [0.5, 0.6) is 0 Å². The molecule has 0 radical (unpaired) electrons. The minimum absolute atomic E-state index is 0.164. The van der Waals surface area contributed by atoms with Gasteiger partial charge in [0, 0.05) is 33.2 Å². The van der Waals surface area contributed by atoms with Crippen molar-refractivity contribution in [1.82, 2.24) is 14.8 Å². The molecule has 3 heterocycles. The summed E-state index contributed by atoms with van der Waals surface area (Å²) in [6, 6.07) is 12.3. The Hall–Kier alpha value is -1.67. The van der Waals surface area contributed by atoms with Gasteiger partial charge in [-0.25, -0.2) is 9.67 Å². The lowest BCUT2D eigenvalue weighted by molar-refractivity contribution is -0.110. The molecule has 0 fully saturated rings. The molecule has 2 aromatic heterocycles. The molecule has 0 aliphatic carbocycles. The van der Waals surface area contributed by atoms with Crippen molar-refractivity contribution >= 4 is 39.5 Å². The average molecular weight is 447 g/mol. The zero-order chi connectivity index (χ0) is 16.7. The van der Waals surface area contributed by atoms with Gasteiger partial charge in [0.05, 0.1) is 5.69 Å². The van der Waals surface area contributed by atoms with Gasteiger partial charge in [0.1, 0.15) is 0 Å². The van der Waals surface area contributed by atoms with E-state index in [1.54, 1.807) is 4.68 Å². The van der Waals surface area contributed by atoms with Gasteiger partial charge in [0.25, 0.3) is 0 Å². The first-order valence-corrected chi connectivity index (χ1v) is 9.51. The number of rotatable bonds is 3. The largest absolute Gasteiger partial charge is 0.286 e. The molecule has 120 valence electrons. The molecule has 6 heteroatoms. The van der Waals surface area contributed by atoms with Crippen molar-refractivity contribution < 1.29 is 4.79 Å². The molecular formula is C18H14IN3OS. The first-order chi connectivity index (χ1) is 11.6. The fraction of sp³-hybridized carbons (Fsp3) is 0.167. The maximum absolute atomic E-state index is 11.6. The van der Waals surface area contributed by atoms with E-state index in [0.717, 1.165) is 25.5 Å². The lowest BCUT2D eigenvalue weighted by Crippen LogP contribution is -2.02. The minimum atomic E-state index is 0.164. The molecule has 0 amide bonds. The molecule has 0 N–H and O–H groups in total. The summed E-state index contributed by atoms with van der Waals surface area (Å²) in [7, 11) is 0. The van der Waals surface area contributed by atoms with Crippen LogP contribution < -0.4 is 0 Å². The van der Waals surface area contributed by atoms with Gasteiger partial charge in [-0.15, -0.1) is 0 Å². The third-order valence-corrected chi connectivity index (χ3v) is 5.76. The second-order valence-electron chi connectivity index (χ2n) is 5.76. The highest BCUT2D eigenvalue weighted by atomic mass is 127. The maximum atomic E-state index is 11.6. The Kier molecular flexibility index (Phi) is 4.17. The fourth-order valence-corrected chi connectivity index (χ4v) is 4.02.